The number of carbonyl (C=O) groups excluding carboxylic acids is 3. The highest BCUT2D eigenvalue weighted by molar-refractivity contribution is 9.10. The van der Waals surface area contributed by atoms with Gasteiger partial charge in [-0.15, -0.1) is 0 Å². The van der Waals surface area contributed by atoms with Crippen LogP contribution in [0.2, 0.25) is 0 Å². The zero-order valence-corrected chi connectivity index (χ0v) is 21.0. The number of amides is 3. The Labute approximate surface area is 214 Å². The van der Waals surface area contributed by atoms with Gasteiger partial charge in [0, 0.05) is 21.3 Å². The Bertz CT molecular complexity index is 1330. The van der Waals surface area contributed by atoms with E-state index in [4.69, 9.17) is 4.74 Å². The lowest BCUT2D eigenvalue weighted by molar-refractivity contribution is -0.127. The number of hydrogen-bond acceptors (Lipinski definition) is 5. The van der Waals surface area contributed by atoms with Gasteiger partial charge in [-0.1, -0.05) is 51.8 Å². The Kier molecular flexibility index (Phi) is 7.67. The van der Waals surface area contributed by atoms with Crippen molar-refractivity contribution < 1.29 is 23.5 Å². The molecule has 1 heterocycles. The molecule has 1 N–H and O–H groups in total. The standard InChI is InChI=1S/C26H20BrFN2O4S/c1-16-6-9-20(10-7-16)29-24(31)14-30-25(32)23(35-26(30)33)13-18-12-19(27)8-11-22(18)34-15-17-4-2-3-5-21(17)28/h2-13H,14-15H2,1H3,(H,29,31)/b23-13-. The van der Waals surface area contributed by atoms with E-state index in [1.165, 1.54) is 12.1 Å². The number of thioether (sulfide) groups is 1. The molecule has 3 amide bonds. The van der Waals surface area contributed by atoms with Crippen LogP contribution in [0.4, 0.5) is 14.9 Å². The molecule has 0 unspecified atom stereocenters. The lowest BCUT2D eigenvalue weighted by Crippen LogP contribution is -2.36. The van der Waals surface area contributed by atoms with Gasteiger partial charge in [0.25, 0.3) is 11.1 Å². The molecule has 1 saturated heterocycles. The van der Waals surface area contributed by atoms with E-state index in [0.29, 0.717) is 22.6 Å². The third-order valence-corrected chi connectivity index (χ3v) is 6.51. The van der Waals surface area contributed by atoms with E-state index in [-0.39, 0.29) is 17.3 Å². The van der Waals surface area contributed by atoms with Crippen molar-refractivity contribution in [3.8, 4) is 5.75 Å². The van der Waals surface area contributed by atoms with Crippen LogP contribution in [0.3, 0.4) is 0 Å². The Balaban J connectivity index is 1.48. The van der Waals surface area contributed by atoms with Gasteiger partial charge in [0.05, 0.1) is 4.91 Å². The van der Waals surface area contributed by atoms with Gasteiger partial charge >= 0.3 is 0 Å². The summed E-state index contributed by atoms with van der Waals surface area (Å²) in [7, 11) is 0. The first-order chi connectivity index (χ1) is 16.8. The molecule has 4 rings (SSSR count). The second-order valence-electron chi connectivity index (χ2n) is 7.74. The number of nitrogens with zero attached hydrogens (tertiary/aromatic N) is 1. The first-order valence-electron chi connectivity index (χ1n) is 10.6. The molecule has 0 saturated carbocycles. The highest BCUT2D eigenvalue weighted by Gasteiger charge is 2.36. The molecule has 6 nitrogen and oxygen atoms in total. The number of carbonyl (C=O) groups is 3. The quantitative estimate of drug-likeness (QED) is 0.354. The Morgan fingerprint density at radius 2 is 1.86 bits per heavy atom. The number of nitrogens with one attached hydrogen (secondary N) is 1. The summed E-state index contributed by atoms with van der Waals surface area (Å²) >= 11 is 4.14. The number of benzene rings is 3. The second kappa shape index (κ2) is 10.9. The molecule has 1 aliphatic heterocycles. The van der Waals surface area contributed by atoms with Gasteiger partial charge < -0.3 is 10.1 Å². The second-order valence-corrected chi connectivity index (χ2v) is 9.65. The van der Waals surface area contributed by atoms with Crippen molar-refractivity contribution in [3.63, 3.8) is 0 Å². The number of halogens is 2. The summed E-state index contributed by atoms with van der Waals surface area (Å²) in [4.78, 5) is 38.9. The molecule has 9 heteroatoms. The predicted molar refractivity (Wildman–Crippen MR) is 137 cm³/mol. The van der Waals surface area contributed by atoms with Crippen LogP contribution in [-0.4, -0.2) is 28.5 Å². The fraction of sp³-hybridized carbons (Fsp3) is 0.115. The van der Waals surface area contributed by atoms with Gasteiger partial charge in [-0.2, -0.15) is 0 Å². The van der Waals surface area contributed by atoms with E-state index >= 15 is 0 Å². The van der Waals surface area contributed by atoms with Crippen LogP contribution in [-0.2, 0) is 16.2 Å². The van der Waals surface area contributed by atoms with Crippen LogP contribution in [0.15, 0.2) is 76.1 Å². The average molecular weight is 555 g/mol. The molecule has 0 atom stereocenters. The maximum Gasteiger partial charge on any atom is 0.294 e. The van der Waals surface area contributed by atoms with Crippen LogP contribution in [0.1, 0.15) is 16.7 Å². The van der Waals surface area contributed by atoms with Crippen molar-refractivity contribution in [2.45, 2.75) is 13.5 Å². The highest BCUT2D eigenvalue weighted by Crippen LogP contribution is 2.35. The van der Waals surface area contributed by atoms with Crippen molar-refractivity contribution in [2.24, 2.45) is 0 Å². The van der Waals surface area contributed by atoms with Crippen molar-refractivity contribution in [1.29, 1.82) is 0 Å². The van der Waals surface area contributed by atoms with E-state index in [9.17, 15) is 18.8 Å². The van der Waals surface area contributed by atoms with E-state index in [1.807, 2.05) is 19.1 Å². The maximum absolute atomic E-state index is 14.0. The smallest absolute Gasteiger partial charge is 0.294 e. The van der Waals surface area contributed by atoms with Crippen LogP contribution < -0.4 is 10.1 Å². The average Bonchev–Trinajstić information content (AvgIpc) is 3.08. The zero-order valence-electron chi connectivity index (χ0n) is 18.6. The van der Waals surface area contributed by atoms with Crippen LogP contribution in [0.25, 0.3) is 6.08 Å². The molecule has 0 radical (unpaired) electrons. The maximum atomic E-state index is 14.0. The number of hydrogen-bond donors (Lipinski definition) is 1. The summed E-state index contributed by atoms with van der Waals surface area (Å²) in [6, 6.07) is 18.7. The van der Waals surface area contributed by atoms with Crippen molar-refractivity contribution in [2.75, 3.05) is 11.9 Å². The Morgan fingerprint density at radius 3 is 2.60 bits per heavy atom. The van der Waals surface area contributed by atoms with E-state index < -0.39 is 23.6 Å². The molecule has 1 aliphatic rings. The molecule has 0 bridgehead atoms. The Hall–Kier alpha value is -3.43. The molecule has 35 heavy (non-hydrogen) atoms. The van der Waals surface area contributed by atoms with E-state index in [2.05, 4.69) is 21.2 Å². The largest absolute Gasteiger partial charge is 0.488 e. The topological polar surface area (TPSA) is 75.7 Å². The van der Waals surface area contributed by atoms with Crippen molar-refractivity contribution >= 4 is 56.5 Å². The lowest BCUT2D eigenvalue weighted by Gasteiger charge is -2.13. The fourth-order valence-electron chi connectivity index (χ4n) is 3.29. The minimum Gasteiger partial charge on any atom is -0.488 e. The van der Waals surface area contributed by atoms with Gasteiger partial charge in [0.1, 0.15) is 24.7 Å². The minimum atomic E-state index is -0.570. The van der Waals surface area contributed by atoms with E-state index in [1.54, 1.807) is 48.5 Å². The van der Waals surface area contributed by atoms with E-state index in [0.717, 1.165) is 26.7 Å². The molecular weight excluding hydrogens is 535 g/mol. The molecule has 1 fully saturated rings. The molecule has 3 aromatic rings. The zero-order chi connectivity index (χ0) is 24.9. The molecule has 178 valence electrons. The monoisotopic (exact) mass is 554 g/mol. The summed E-state index contributed by atoms with van der Waals surface area (Å²) in [5.41, 5.74) is 2.55. The number of anilines is 1. The summed E-state index contributed by atoms with van der Waals surface area (Å²) < 4.78 is 20.5. The van der Waals surface area contributed by atoms with Gasteiger partial charge in [-0.05, 0) is 61.2 Å². The molecule has 3 aromatic carbocycles. The van der Waals surface area contributed by atoms with Gasteiger partial charge in [-0.3, -0.25) is 19.3 Å². The molecule has 0 aliphatic carbocycles. The first-order valence-corrected chi connectivity index (χ1v) is 12.2. The third kappa shape index (κ3) is 6.17. The van der Waals surface area contributed by atoms with Gasteiger partial charge in [0.2, 0.25) is 5.91 Å². The lowest BCUT2D eigenvalue weighted by atomic mass is 10.1. The third-order valence-electron chi connectivity index (χ3n) is 5.11. The number of ether oxygens (including phenoxy) is 1. The van der Waals surface area contributed by atoms with Crippen LogP contribution >= 0.6 is 27.7 Å². The minimum absolute atomic E-state index is 0.00416. The van der Waals surface area contributed by atoms with Crippen molar-refractivity contribution in [3.05, 3.63) is 98.6 Å². The molecular formula is C26H20BrFN2O4S. The number of imide groups is 1. The predicted octanol–water partition coefficient (Wildman–Crippen LogP) is 6.15. The molecule has 0 aromatic heterocycles. The molecule has 0 spiro atoms. The van der Waals surface area contributed by atoms with Crippen LogP contribution in [0.5, 0.6) is 5.75 Å². The SMILES string of the molecule is Cc1ccc(NC(=O)CN2C(=O)S/C(=C\c3cc(Br)ccc3OCc3ccccc3F)C2=O)cc1. The number of aryl methyl sites for hydroxylation is 1. The summed E-state index contributed by atoms with van der Waals surface area (Å²) in [5.74, 6) is -1.01. The summed E-state index contributed by atoms with van der Waals surface area (Å²) in [6.07, 6.45) is 1.53. The fourth-order valence-corrected chi connectivity index (χ4v) is 4.50. The Morgan fingerprint density at radius 1 is 1.11 bits per heavy atom. The number of rotatable bonds is 7. The van der Waals surface area contributed by atoms with Gasteiger partial charge in [-0.25, -0.2) is 4.39 Å². The first kappa shape index (κ1) is 24.7. The summed E-state index contributed by atoms with van der Waals surface area (Å²) in [6.45, 7) is 1.53. The normalized spacial score (nSPS) is 14.5. The van der Waals surface area contributed by atoms with Crippen LogP contribution in [0, 0.1) is 12.7 Å². The highest BCUT2D eigenvalue weighted by atomic mass is 79.9. The summed E-state index contributed by atoms with van der Waals surface area (Å²) in [5, 5.41) is 2.15. The van der Waals surface area contributed by atoms with Crippen molar-refractivity contribution in [1.82, 2.24) is 4.90 Å². The van der Waals surface area contributed by atoms with Gasteiger partial charge in [0.15, 0.2) is 0 Å².